The largest absolute Gasteiger partial charge is 0.368 e. The fraction of sp³-hybridized carbons (Fsp3) is 0.333. The summed E-state index contributed by atoms with van der Waals surface area (Å²) >= 11 is 2.83. The van der Waals surface area contributed by atoms with E-state index >= 15 is 0 Å². The van der Waals surface area contributed by atoms with E-state index in [1.54, 1.807) is 42.0 Å². The van der Waals surface area contributed by atoms with Crippen LogP contribution in [0.4, 0.5) is 5.69 Å². The Bertz CT molecular complexity index is 1470. The van der Waals surface area contributed by atoms with Gasteiger partial charge in [0, 0.05) is 56.2 Å². The van der Waals surface area contributed by atoms with Gasteiger partial charge in [0.15, 0.2) is 0 Å². The Morgan fingerprint density at radius 3 is 2.69 bits per heavy atom. The number of fused-ring (bicyclic) bond motifs is 1. The first kappa shape index (κ1) is 24.9. The first-order chi connectivity index (χ1) is 17.2. The molecule has 9 nitrogen and oxygen atoms in total. The molecule has 4 heterocycles. The third-order valence-corrected chi connectivity index (χ3v) is 10.8. The Kier molecular flexibility index (Phi) is 6.88. The van der Waals surface area contributed by atoms with Crippen molar-refractivity contribution in [1.82, 2.24) is 19.8 Å². The number of para-hydroxylation sites is 1. The highest BCUT2D eigenvalue weighted by atomic mass is 32.2. The molecule has 12 heteroatoms. The second-order valence-corrected chi connectivity index (χ2v) is 13.1. The van der Waals surface area contributed by atoms with Crippen LogP contribution < -0.4 is 10.0 Å². The van der Waals surface area contributed by atoms with E-state index in [1.165, 1.54) is 15.6 Å². The van der Waals surface area contributed by atoms with Gasteiger partial charge in [-0.15, -0.1) is 22.7 Å². The van der Waals surface area contributed by atoms with Crippen LogP contribution >= 0.6 is 22.7 Å². The number of nitrogens with two attached hydrogens (primary N) is 1. The summed E-state index contributed by atoms with van der Waals surface area (Å²) in [4.78, 5) is 25.1. The van der Waals surface area contributed by atoms with Crippen LogP contribution in [0.5, 0.6) is 0 Å². The Morgan fingerprint density at radius 2 is 2.00 bits per heavy atom. The van der Waals surface area contributed by atoms with E-state index in [1.807, 2.05) is 31.3 Å². The van der Waals surface area contributed by atoms with Crippen molar-refractivity contribution in [1.29, 1.82) is 0 Å². The summed E-state index contributed by atoms with van der Waals surface area (Å²) in [7, 11) is -2.06. The fourth-order valence-corrected chi connectivity index (χ4v) is 7.70. The lowest BCUT2D eigenvalue weighted by Crippen LogP contribution is -2.52. The maximum absolute atomic E-state index is 13.1. The number of hydrogen-bond acceptors (Lipinski definition) is 8. The first-order valence-electron chi connectivity index (χ1n) is 11.6. The summed E-state index contributed by atoms with van der Waals surface area (Å²) in [5.74, 6) is -0.285. The van der Waals surface area contributed by atoms with E-state index in [0.717, 1.165) is 59.2 Å². The smallest absolute Gasteiger partial charge is 0.273 e. The van der Waals surface area contributed by atoms with Crippen LogP contribution in [-0.4, -0.2) is 73.4 Å². The normalized spacial score (nSPS) is 16.4. The molecule has 0 aliphatic carbocycles. The van der Waals surface area contributed by atoms with Gasteiger partial charge in [-0.25, -0.2) is 13.4 Å². The Balaban J connectivity index is 1.32. The number of H-pyrrole nitrogens is 1. The number of carbonyl (C=O) groups excluding carboxylic acids is 1. The number of benzene rings is 1. The number of rotatable bonds is 8. The lowest BCUT2D eigenvalue weighted by molar-refractivity contribution is -0.123. The van der Waals surface area contributed by atoms with Crippen LogP contribution in [0, 0.1) is 0 Å². The van der Waals surface area contributed by atoms with Gasteiger partial charge < -0.3 is 10.7 Å². The summed E-state index contributed by atoms with van der Waals surface area (Å²) in [5.41, 5.74) is 7.65. The first-order valence-corrected chi connectivity index (χ1v) is 14.7. The average molecular weight is 545 g/mol. The molecule has 1 aliphatic rings. The molecule has 0 saturated carbocycles. The number of thiophene rings is 1. The van der Waals surface area contributed by atoms with E-state index in [0.29, 0.717) is 9.90 Å². The summed E-state index contributed by atoms with van der Waals surface area (Å²) in [5, 5.41) is 3.54. The van der Waals surface area contributed by atoms with E-state index in [2.05, 4.69) is 19.8 Å². The molecule has 190 valence electrons. The van der Waals surface area contributed by atoms with E-state index in [4.69, 9.17) is 5.73 Å². The molecule has 1 saturated heterocycles. The van der Waals surface area contributed by atoms with E-state index < -0.39 is 10.0 Å². The summed E-state index contributed by atoms with van der Waals surface area (Å²) in [6.07, 6.45) is 1.90. The monoisotopic (exact) mass is 544 g/mol. The van der Waals surface area contributed by atoms with Gasteiger partial charge in [-0.05, 0) is 30.5 Å². The predicted octanol–water partition coefficient (Wildman–Crippen LogP) is 3.17. The van der Waals surface area contributed by atoms with Crippen molar-refractivity contribution in [2.45, 2.75) is 23.7 Å². The van der Waals surface area contributed by atoms with E-state index in [9.17, 15) is 13.2 Å². The third kappa shape index (κ3) is 4.78. The molecule has 0 bridgehead atoms. The zero-order chi connectivity index (χ0) is 25.4. The van der Waals surface area contributed by atoms with Crippen molar-refractivity contribution >= 4 is 55.2 Å². The molecule has 0 spiro atoms. The summed E-state index contributed by atoms with van der Waals surface area (Å²) < 4.78 is 27.8. The number of aromatic nitrogens is 2. The number of anilines is 1. The molecule has 1 fully saturated rings. The van der Waals surface area contributed by atoms with Gasteiger partial charge >= 0.3 is 0 Å². The Hall–Kier alpha value is -2.77. The van der Waals surface area contributed by atoms with Crippen molar-refractivity contribution < 1.29 is 13.2 Å². The van der Waals surface area contributed by atoms with Crippen LogP contribution in [0.2, 0.25) is 0 Å². The molecule has 0 radical (unpaired) electrons. The van der Waals surface area contributed by atoms with E-state index in [-0.39, 0.29) is 11.9 Å². The maximum atomic E-state index is 13.1. The predicted molar refractivity (Wildman–Crippen MR) is 145 cm³/mol. The molecule has 5 rings (SSSR count). The Morgan fingerprint density at radius 1 is 1.22 bits per heavy atom. The molecule has 1 aliphatic heterocycles. The number of nitrogens with one attached hydrogen (secondary N) is 1. The number of sulfonamides is 1. The second kappa shape index (κ2) is 9.94. The van der Waals surface area contributed by atoms with Gasteiger partial charge in [-0.3, -0.25) is 18.9 Å². The summed E-state index contributed by atoms with van der Waals surface area (Å²) in [6, 6.07) is 10.8. The quantitative estimate of drug-likeness (QED) is 0.352. The summed E-state index contributed by atoms with van der Waals surface area (Å²) in [6.45, 7) is 6.00. The van der Waals surface area contributed by atoms with Gasteiger partial charge in [-0.2, -0.15) is 0 Å². The van der Waals surface area contributed by atoms with Crippen LogP contribution in [0.25, 0.3) is 21.6 Å². The molecular formula is C24H28N6O3S3. The number of nitrogens with zero attached hydrogens (tertiary/aromatic N) is 4. The number of amides is 1. The molecule has 4 aromatic rings. The molecule has 3 aromatic heterocycles. The van der Waals surface area contributed by atoms with Gasteiger partial charge in [-0.1, -0.05) is 18.2 Å². The molecular weight excluding hydrogens is 517 g/mol. The van der Waals surface area contributed by atoms with Crippen LogP contribution in [-0.2, 0) is 21.4 Å². The number of hydrogen-bond donors (Lipinski definition) is 2. The average Bonchev–Trinajstić information content (AvgIpc) is 3.64. The van der Waals surface area contributed by atoms with Crippen molar-refractivity contribution in [3.05, 3.63) is 52.9 Å². The molecule has 1 atom stereocenters. The molecule has 36 heavy (non-hydrogen) atoms. The highest BCUT2D eigenvalue weighted by Crippen LogP contribution is 2.35. The Labute approximate surface area is 218 Å². The minimum atomic E-state index is -3.64. The topological polar surface area (TPSA) is 116 Å². The van der Waals surface area contributed by atoms with Crippen molar-refractivity contribution in [3.8, 4) is 10.7 Å². The molecule has 1 amide bonds. The van der Waals surface area contributed by atoms with Gasteiger partial charge in [0.05, 0.1) is 22.9 Å². The van der Waals surface area contributed by atoms with Crippen LogP contribution in [0.1, 0.15) is 11.8 Å². The lowest BCUT2D eigenvalue weighted by Gasteiger charge is -2.36. The number of thiazole rings is 1. The SMILES string of the molecule is CC(C(N)=O)N1CCN(Cc2cnc(-c3cc4cccc(N(C)S(=O)(=O)c5cccs5)c4[nH]3)s2)CC1. The number of piperazine rings is 1. The molecule has 3 N–H and O–H groups in total. The van der Waals surface area contributed by atoms with Gasteiger partial charge in [0.25, 0.3) is 10.0 Å². The zero-order valence-corrected chi connectivity index (χ0v) is 22.5. The maximum Gasteiger partial charge on any atom is 0.273 e. The standard InChI is InChI=1S/C24H28N6O3S3/c1-16(23(25)31)30-10-8-29(9-11-30)15-18-14-26-24(35-18)19-13-17-5-3-6-20(22(17)27-19)28(2)36(32,33)21-7-4-12-34-21/h3-7,12-14,16,27H,8-11,15H2,1-2H3,(H2,25,31). The number of carbonyl (C=O) groups is 1. The highest BCUT2D eigenvalue weighted by molar-refractivity contribution is 7.94. The highest BCUT2D eigenvalue weighted by Gasteiger charge is 2.26. The van der Waals surface area contributed by atoms with Crippen molar-refractivity contribution in [2.24, 2.45) is 5.73 Å². The number of primary amides is 1. The fourth-order valence-electron chi connectivity index (χ4n) is 4.41. The third-order valence-electron chi connectivity index (χ3n) is 6.61. The minimum Gasteiger partial charge on any atom is -0.368 e. The lowest BCUT2D eigenvalue weighted by atomic mass is 10.2. The van der Waals surface area contributed by atoms with Crippen molar-refractivity contribution in [3.63, 3.8) is 0 Å². The minimum absolute atomic E-state index is 0.242. The molecule has 1 unspecified atom stereocenters. The van der Waals surface area contributed by atoms with Gasteiger partial charge in [0.2, 0.25) is 5.91 Å². The second-order valence-electron chi connectivity index (χ2n) is 8.85. The number of aromatic amines is 1. The van der Waals surface area contributed by atoms with Crippen LogP contribution in [0.3, 0.4) is 0 Å². The molecule has 1 aromatic carbocycles. The van der Waals surface area contributed by atoms with Crippen LogP contribution in [0.15, 0.2) is 52.2 Å². The van der Waals surface area contributed by atoms with Crippen molar-refractivity contribution in [2.75, 3.05) is 37.5 Å². The zero-order valence-electron chi connectivity index (χ0n) is 20.0. The van der Waals surface area contributed by atoms with Gasteiger partial charge in [0.1, 0.15) is 9.22 Å².